The average Bonchev–Trinajstić information content (AvgIpc) is 2.74. The second-order valence-electron chi connectivity index (χ2n) is 2.06. The van der Waals surface area contributed by atoms with Gasteiger partial charge >= 0.3 is 0 Å². The maximum absolute atomic E-state index is 5.00. The number of rotatable bonds is 2. The predicted octanol–water partition coefficient (Wildman–Crippen LogP) is 1.34. The first kappa shape index (κ1) is 6.90. The Labute approximate surface area is 67.9 Å². The Balaban J connectivity index is 2.46. The molecule has 0 aromatic carbocycles. The summed E-state index contributed by atoms with van der Waals surface area (Å²) < 4.78 is 14.8. The molecule has 62 valence electrons. The van der Waals surface area contributed by atoms with Gasteiger partial charge in [-0.1, -0.05) is 5.16 Å². The number of hydrogen-bond donors (Lipinski definition) is 0. The maximum Gasteiger partial charge on any atom is 0.269 e. The Morgan fingerprint density at radius 1 is 1.50 bits per heavy atom. The van der Waals surface area contributed by atoms with E-state index in [4.69, 9.17) is 13.7 Å². The minimum Gasteiger partial charge on any atom is -0.491 e. The molecule has 0 aliphatic rings. The average molecular weight is 166 g/mol. The SMILES string of the molecule is COc1cnoc1-c1ncco1. The number of nitrogens with zero attached hydrogens (tertiary/aromatic N) is 2. The van der Waals surface area contributed by atoms with Crippen molar-refractivity contribution in [2.75, 3.05) is 7.11 Å². The zero-order valence-electron chi connectivity index (χ0n) is 6.35. The molecule has 2 aromatic rings. The van der Waals surface area contributed by atoms with Gasteiger partial charge in [-0.25, -0.2) is 4.98 Å². The van der Waals surface area contributed by atoms with E-state index in [1.165, 1.54) is 25.8 Å². The van der Waals surface area contributed by atoms with Gasteiger partial charge in [0.2, 0.25) is 0 Å². The molecule has 0 fully saturated rings. The number of methoxy groups -OCH3 is 1. The van der Waals surface area contributed by atoms with Crippen LogP contribution in [0.1, 0.15) is 0 Å². The fourth-order valence-corrected chi connectivity index (χ4v) is 0.856. The molecule has 2 aromatic heterocycles. The number of aromatic nitrogens is 2. The lowest BCUT2D eigenvalue weighted by atomic mass is 10.4. The molecule has 12 heavy (non-hydrogen) atoms. The highest BCUT2D eigenvalue weighted by molar-refractivity contribution is 5.53. The third-order valence-corrected chi connectivity index (χ3v) is 1.38. The van der Waals surface area contributed by atoms with E-state index in [0.717, 1.165) is 0 Å². The molecular formula is C7H6N2O3. The molecule has 0 aliphatic carbocycles. The molecule has 2 rings (SSSR count). The summed E-state index contributed by atoms with van der Waals surface area (Å²) in [6.07, 6.45) is 4.44. The van der Waals surface area contributed by atoms with Crippen LogP contribution in [0.2, 0.25) is 0 Å². The summed E-state index contributed by atoms with van der Waals surface area (Å²) in [5.41, 5.74) is 0. The lowest BCUT2D eigenvalue weighted by Gasteiger charge is -1.92. The van der Waals surface area contributed by atoms with Crippen molar-refractivity contribution in [3.05, 3.63) is 18.7 Å². The summed E-state index contributed by atoms with van der Waals surface area (Å²) in [6, 6.07) is 0. The monoisotopic (exact) mass is 166 g/mol. The highest BCUT2D eigenvalue weighted by atomic mass is 16.5. The molecule has 0 amide bonds. The summed E-state index contributed by atoms with van der Waals surface area (Å²) in [5.74, 6) is 1.28. The maximum atomic E-state index is 5.00. The van der Waals surface area contributed by atoms with E-state index in [9.17, 15) is 0 Å². The van der Waals surface area contributed by atoms with Crippen LogP contribution >= 0.6 is 0 Å². The first-order chi connectivity index (χ1) is 5.92. The molecule has 0 aliphatic heterocycles. The van der Waals surface area contributed by atoms with E-state index in [1.54, 1.807) is 0 Å². The normalized spacial score (nSPS) is 10.1. The molecule has 0 saturated carbocycles. The van der Waals surface area contributed by atoms with Gasteiger partial charge in [0.05, 0.1) is 13.3 Å². The molecule has 0 atom stereocenters. The van der Waals surface area contributed by atoms with E-state index in [2.05, 4.69) is 10.1 Å². The fourth-order valence-electron chi connectivity index (χ4n) is 0.856. The fraction of sp³-hybridized carbons (Fsp3) is 0.143. The quantitative estimate of drug-likeness (QED) is 0.673. The van der Waals surface area contributed by atoms with Gasteiger partial charge < -0.3 is 13.7 Å². The Morgan fingerprint density at radius 2 is 2.42 bits per heavy atom. The van der Waals surface area contributed by atoms with Crippen LogP contribution in [0, 0.1) is 0 Å². The highest BCUT2D eigenvalue weighted by Gasteiger charge is 2.14. The van der Waals surface area contributed by atoms with E-state index in [0.29, 0.717) is 17.4 Å². The first-order valence-electron chi connectivity index (χ1n) is 3.30. The van der Waals surface area contributed by atoms with Crippen LogP contribution in [0.15, 0.2) is 27.6 Å². The summed E-state index contributed by atoms with van der Waals surface area (Å²) in [7, 11) is 1.53. The van der Waals surface area contributed by atoms with Gasteiger partial charge in [0.25, 0.3) is 11.7 Å². The van der Waals surface area contributed by atoms with Crippen molar-refractivity contribution in [3.63, 3.8) is 0 Å². The van der Waals surface area contributed by atoms with E-state index >= 15 is 0 Å². The minimum absolute atomic E-state index is 0.365. The topological polar surface area (TPSA) is 61.3 Å². The zero-order chi connectivity index (χ0) is 8.39. The van der Waals surface area contributed by atoms with Crippen molar-refractivity contribution in [1.82, 2.24) is 10.1 Å². The van der Waals surface area contributed by atoms with Gasteiger partial charge in [0.15, 0.2) is 5.75 Å². The Bertz CT molecular complexity index is 352. The van der Waals surface area contributed by atoms with Gasteiger partial charge in [-0.15, -0.1) is 0 Å². The van der Waals surface area contributed by atoms with Crippen molar-refractivity contribution >= 4 is 0 Å². The molecule has 0 spiro atoms. The lowest BCUT2D eigenvalue weighted by Crippen LogP contribution is -1.82. The molecule has 0 bridgehead atoms. The van der Waals surface area contributed by atoms with Crippen LogP contribution in [-0.2, 0) is 0 Å². The van der Waals surface area contributed by atoms with Crippen LogP contribution in [0.5, 0.6) is 5.75 Å². The largest absolute Gasteiger partial charge is 0.491 e. The van der Waals surface area contributed by atoms with Crippen LogP contribution in [0.3, 0.4) is 0 Å². The highest BCUT2D eigenvalue weighted by Crippen LogP contribution is 2.27. The standard InChI is InChI=1S/C7H6N2O3/c1-10-5-4-9-12-6(5)7-8-2-3-11-7/h2-4H,1H3. The second-order valence-corrected chi connectivity index (χ2v) is 2.06. The molecule has 0 N–H and O–H groups in total. The smallest absolute Gasteiger partial charge is 0.269 e. The van der Waals surface area contributed by atoms with Crippen LogP contribution in [0.4, 0.5) is 0 Å². The predicted molar refractivity (Wildman–Crippen MR) is 38.6 cm³/mol. The third kappa shape index (κ3) is 0.952. The third-order valence-electron chi connectivity index (χ3n) is 1.38. The number of ether oxygens (including phenoxy) is 1. The lowest BCUT2D eigenvalue weighted by molar-refractivity contribution is 0.389. The van der Waals surface area contributed by atoms with Crippen LogP contribution < -0.4 is 4.74 Å². The van der Waals surface area contributed by atoms with Gasteiger partial charge in [-0.05, 0) is 0 Å². The van der Waals surface area contributed by atoms with Crippen LogP contribution in [-0.4, -0.2) is 17.3 Å². The molecule has 2 heterocycles. The zero-order valence-corrected chi connectivity index (χ0v) is 6.35. The molecular weight excluding hydrogens is 160 g/mol. The number of oxazole rings is 1. The van der Waals surface area contributed by atoms with Crippen molar-refractivity contribution in [3.8, 4) is 17.4 Å². The molecule has 5 nitrogen and oxygen atoms in total. The first-order valence-corrected chi connectivity index (χ1v) is 3.30. The summed E-state index contributed by atoms with van der Waals surface area (Å²) >= 11 is 0. The Kier molecular flexibility index (Phi) is 1.55. The Morgan fingerprint density at radius 3 is 3.08 bits per heavy atom. The van der Waals surface area contributed by atoms with E-state index in [-0.39, 0.29) is 0 Å². The molecule has 0 radical (unpaired) electrons. The van der Waals surface area contributed by atoms with Gasteiger partial charge in [0, 0.05) is 0 Å². The van der Waals surface area contributed by atoms with Crippen molar-refractivity contribution in [2.45, 2.75) is 0 Å². The summed E-state index contributed by atoms with van der Waals surface area (Å²) in [4.78, 5) is 3.89. The molecule has 5 heteroatoms. The second kappa shape index (κ2) is 2.69. The minimum atomic E-state index is 0.365. The summed E-state index contributed by atoms with van der Waals surface area (Å²) in [6.45, 7) is 0. The van der Waals surface area contributed by atoms with E-state index < -0.39 is 0 Å². The van der Waals surface area contributed by atoms with Gasteiger partial charge in [0.1, 0.15) is 12.5 Å². The van der Waals surface area contributed by atoms with E-state index in [1.807, 2.05) is 0 Å². The van der Waals surface area contributed by atoms with Gasteiger partial charge in [-0.2, -0.15) is 0 Å². The van der Waals surface area contributed by atoms with Crippen molar-refractivity contribution in [2.24, 2.45) is 0 Å². The van der Waals surface area contributed by atoms with Gasteiger partial charge in [-0.3, -0.25) is 0 Å². The Hall–Kier alpha value is -1.78. The molecule has 0 saturated heterocycles. The molecule has 0 unspecified atom stereocenters. The summed E-state index contributed by atoms with van der Waals surface area (Å²) in [5, 5.41) is 3.55. The number of hydrogen-bond acceptors (Lipinski definition) is 5. The van der Waals surface area contributed by atoms with Crippen molar-refractivity contribution in [1.29, 1.82) is 0 Å². The van der Waals surface area contributed by atoms with Crippen LogP contribution in [0.25, 0.3) is 11.7 Å². The van der Waals surface area contributed by atoms with Crippen molar-refractivity contribution < 1.29 is 13.7 Å².